The molecule has 0 heterocycles. The number of nitrogens with one attached hydrogen (secondary N) is 3. The summed E-state index contributed by atoms with van der Waals surface area (Å²) in [6, 6.07) is 23.1. The lowest BCUT2D eigenvalue weighted by atomic mass is 10.1. The quantitative estimate of drug-likeness (QED) is 0.367. The van der Waals surface area contributed by atoms with Gasteiger partial charge in [-0.3, -0.25) is 14.4 Å². The fourth-order valence-corrected chi connectivity index (χ4v) is 3.34. The Hall–Kier alpha value is -4.17. The first kappa shape index (κ1) is 25.5. The van der Waals surface area contributed by atoms with E-state index in [4.69, 9.17) is 4.74 Å². The Bertz CT molecular complexity index is 1130. The van der Waals surface area contributed by atoms with E-state index in [1.807, 2.05) is 30.3 Å². The second-order valence-corrected chi connectivity index (χ2v) is 7.86. The molecule has 8 heteroatoms. The highest BCUT2D eigenvalue weighted by molar-refractivity contribution is 6.06. The Balaban J connectivity index is 1.50. The van der Waals surface area contributed by atoms with Crippen molar-refractivity contribution in [1.29, 1.82) is 0 Å². The van der Waals surface area contributed by atoms with Gasteiger partial charge in [-0.05, 0) is 61.0 Å². The molecule has 0 aliphatic carbocycles. The highest BCUT2D eigenvalue weighted by atomic mass is 16.5. The summed E-state index contributed by atoms with van der Waals surface area (Å²) in [7, 11) is 3.33. The molecule has 3 aromatic carbocycles. The summed E-state index contributed by atoms with van der Waals surface area (Å²) >= 11 is 0. The molecule has 3 N–H and O–H groups in total. The Morgan fingerprint density at radius 1 is 0.857 bits per heavy atom. The van der Waals surface area contributed by atoms with Crippen LogP contribution >= 0.6 is 0 Å². The number of amides is 3. The van der Waals surface area contributed by atoms with Crippen molar-refractivity contribution in [3.8, 4) is 0 Å². The molecular weight excluding hydrogens is 444 g/mol. The van der Waals surface area contributed by atoms with Crippen LogP contribution < -0.4 is 20.9 Å². The van der Waals surface area contributed by atoms with Crippen molar-refractivity contribution in [1.82, 2.24) is 5.32 Å². The van der Waals surface area contributed by atoms with Crippen molar-refractivity contribution in [2.24, 2.45) is 0 Å². The minimum absolute atomic E-state index is 0.0324. The van der Waals surface area contributed by atoms with E-state index in [-0.39, 0.29) is 24.3 Å². The van der Waals surface area contributed by atoms with Crippen LogP contribution in [-0.4, -0.2) is 51.6 Å². The lowest BCUT2D eigenvalue weighted by Crippen LogP contribution is -2.26. The first-order valence-electron chi connectivity index (χ1n) is 11.3. The minimum atomic E-state index is -0.258. The smallest absolute Gasteiger partial charge is 0.258 e. The van der Waals surface area contributed by atoms with Crippen molar-refractivity contribution in [2.75, 3.05) is 49.4 Å². The van der Waals surface area contributed by atoms with Gasteiger partial charge in [-0.25, -0.2) is 0 Å². The molecule has 8 nitrogen and oxygen atoms in total. The number of carbonyl (C=O) groups is 3. The van der Waals surface area contributed by atoms with Crippen LogP contribution in [0.4, 0.5) is 17.1 Å². The summed E-state index contributed by atoms with van der Waals surface area (Å²) in [5, 5.41) is 8.66. The van der Waals surface area contributed by atoms with E-state index in [1.54, 1.807) is 67.6 Å². The summed E-state index contributed by atoms with van der Waals surface area (Å²) in [5.74, 6) is -0.586. The van der Waals surface area contributed by atoms with Gasteiger partial charge in [-0.15, -0.1) is 0 Å². The van der Waals surface area contributed by atoms with Crippen molar-refractivity contribution < 1.29 is 19.1 Å². The molecule has 0 aromatic heterocycles. The average Bonchev–Trinajstić information content (AvgIpc) is 2.90. The van der Waals surface area contributed by atoms with Crippen molar-refractivity contribution in [3.63, 3.8) is 0 Å². The standard InChI is InChI=1S/C27H30N4O4/c1-31(24-10-4-3-5-11-24)27(34)21-8-6-9-23(18-21)30-25(32)19-29-22-14-12-20(13-15-22)26(33)28-16-7-17-35-2/h3-6,8-15,18,29H,7,16-17,19H2,1-2H3,(H,28,33)(H,30,32). The van der Waals surface area contributed by atoms with Gasteiger partial charge in [0, 0.05) is 55.5 Å². The molecule has 35 heavy (non-hydrogen) atoms. The Morgan fingerprint density at radius 2 is 1.60 bits per heavy atom. The van der Waals surface area contributed by atoms with Gasteiger partial charge in [0.1, 0.15) is 0 Å². The molecule has 0 saturated heterocycles. The van der Waals surface area contributed by atoms with Gasteiger partial charge in [0.15, 0.2) is 0 Å². The molecule has 182 valence electrons. The van der Waals surface area contributed by atoms with Crippen LogP contribution in [0.25, 0.3) is 0 Å². The van der Waals surface area contributed by atoms with Gasteiger partial charge in [0.05, 0.1) is 6.54 Å². The lowest BCUT2D eigenvalue weighted by molar-refractivity contribution is -0.114. The number of nitrogens with zero attached hydrogens (tertiary/aromatic N) is 1. The Kier molecular flexibility index (Phi) is 9.39. The van der Waals surface area contributed by atoms with E-state index in [9.17, 15) is 14.4 Å². The van der Waals surface area contributed by atoms with E-state index in [2.05, 4.69) is 16.0 Å². The highest BCUT2D eigenvalue weighted by Crippen LogP contribution is 2.17. The fourth-order valence-electron chi connectivity index (χ4n) is 3.34. The van der Waals surface area contributed by atoms with Gasteiger partial charge in [-0.1, -0.05) is 24.3 Å². The van der Waals surface area contributed by atoms with E-state index in [1.165, 1.54) is 0 Å². The molecule has 0 radical (unpaired) electrons. The first-order chi connectivity index (χ1) is 17.0. The van der Waals surface area contributed by atoms with Gasteiger partial charge < -0.3 is 25.6 Å². The van der Waals surface area contributed by atoms with Gasteiger partial charge in [0.25, 0.3) is 11.8 Å². The molecule has 0 saturated carbocycles. The summed E-state index contributed by atoms with van der Waals surface area (Å²) in [5.41, 5.74) is 3.04. The normalized spacial score (nSPS) is 10.3. The molecular formula is C27H30N4O4. The topological polar surface area (TPSA) is 99.8 Å². The SMILES string of the molecule is COCCCNC(=O)c1ccc(NCC(=O)Nc2cccc(C(=O)N(C)c3ccccc3)c2)cc1. The van der Waals surface area contributed by atoms with E-state index < -0.39 is 0 Å². The van der Waals surface area contributed by atoms with Crippen LogP contribution in [0.3, 0.4) is 0 Å². The maximum atomic E-state index is 12.8. The zero-order valence-corrected chi connectivity index (χ0v) is 19.9. The fraction of sp³-hybridized carbons (Fsp3) is 0.222. The summed E-state index contributed by atoms with van der Waals surface area (Å²) in [4.78, 5) is 38.9. The predicted molar refractivity (Wildman–Crippen MR) is 138 cm³/mol. The number of para-hydroxylation sites is 1. The van der Waals surface area contributed by atoms with Gasteiger partial charge >= 0.3 is 0 Å². The van der Waals surface area contributed by atoms with Crippen molar-refractivity contribution in [2.45, 2.75) is 6.42 Å². The minimum Gasteiger partial charge on any atom is -0.385 e. The second kappa shape index (κ2) is 12.9. The molecule has 3 rings (SSSR count). The molecule has 0 spiro atoms. The zero-order chi connectivity index (χ0) is 25.0. The molecule has 3 amide bonds. The monoisotopic (exact) mass is 474 g/mol. The van der Waals surface area contributed by atoms with Crippen LogP contribution in [0, 0.1) is 0 Å². The molecule has 0 fully saturated rings. The third-order valence-corrected chi connectivity index (χ3v) is 5.25. The van der Waals surface area contributed by atoms with Crippen LogP contribution in [0.2, 0.25) is 0 Å². The first-order valence-corrected chi connectivity index (χ1v) is 11.3. The molecule has 0 aliphatic rings. The van der Waals surface area contributed by atoms with E-state index in [0.717, 1.165) is 12.1 Å². The number of hydrogen-bond donors (Lipinski definition) is 3. The third-order valence-electron chi connectivity index (χ3n) is 5.25. The molecule has 0 aliphatic heterocycles. The maximum Gasteiger partial charge on any atom is 0.258 e. The Labute approximate surface area is 205 Å². The molecule has 0 bridgehead atoms. The number of carbonyl (C=O) groups excluding carboxylic acids is 3. The van der Waals surface area contributed by atoms with E-state index >= 15 is 0 Å². The molecule has 3 aromatic rings. The van der Waals surface area contributed by atoms with Crippen molar-refractivity contribution in [3.05, 3.63) is 90.0 Å². The number of benzene rings is 3. The number of methoxy groups -OCH3 is 1. The number of ether oxygens (including phenoxy) is 1. The number of hydrogen-bond acceptors (Lipinski definition) is 5. The van der Waals surface area contributed by atoms with Crippen molar-refractivity contribution >= 4 is 34.8 Å². The largest absolute Gasteiger partial charge is 0.385 e. The summed E-state index contributed by atoms with van der Waals surface area (Å²) in [6.45, 7) is 1.17. The lowest BCUT2D eigenvalue weighted by Gasteiger charge is -2.17. The van der Waals surface area contributed by atoms with E-state index in [0.29, 0.717) is 35.7 Å². The number of anilines is 3. The third kappa shape index (κ3) is 7.68. The van der Waals surface area contributed by atoms with Gasteiger partial charge in [0.2, 0.25) is 5.91 Å². The molecule has 0 atom stereocenters. The average molecular weight is 475 g/mol. The summed E-state index contributed by atoms with van der Waals surface area (Å²) in [6.07, 6.45) is 0.748. The molecule has 0 unspecified atom stereocenters. The highest BCUT2D eigenvalue weighted by Gasteiger charge is 2.14. The van der Waals surface area contributed by atoms with Crippen LogP contribution in [0.15, 0.2) is 78.9 Å². The van der Waals surface area contributed by atoms with Crippen LogP contribution in [0.5, 0.6) is 0 Å². The summed E-state index contributed by atoms with van der Waals surface area (Å²) < 4.78 is 4.96. The predicted octanol–water partition coefficient (Wildman–Crippen LogP) is 3.78. The number of rotatable bonds is 11. The second-order valence-electron chi connectivity index (χ2n) is 7.86. The van der Waals surface area contributed by atoms with Gasteiger partial charge in [-0.2, -0.15) is 0 Å². The Morgan fingerprint density at radius 3 is 2.31 bits per heavy atom. The van der Waals surface area contributed by atoms with Crippen LogP contribution in [-0.2, 0) is 9.53 Å². The zero-order valence-electron chi connectivity index (χ0n) is 19.9. The van der Waals surface area contributed by atoms with Crippen LogP contribution in [0.1, 0.15) is 27.1 Å². The maximum absolute atomic E-state index is 12.8.